The second-order valence-electron chi connectivity index (χ2n) is 12.1. The predicted octanol–water partition coefficient (Wildman–Crippen LogP) is 4.04. The summed E-state index contributed by atoms with van der Waals surface area (Å²) < 4.78 is 6.11. The molecule has 9 nitrogen and oxygen atoms in total. The summed E-state index contributed by atoms with van der Waals surface area (Å²) >= 11 is 0. The molecule has 3 atom stereocenters. The normalized spacial score (nSPS) is 20.8. The van der Waals surface area contributed by atoms with Crippen LogP contribution in [0, 0.1) is 5.92 Å². The zero-order valence-electron chi connectivity index (χ0n) is 25.9. The van der Waals surface area contributed by atoms with Crippen LogP contribution in [0.15, 0.2) is 84.9 Å². The lowest BCUT2D eigenvalue weighted by Crippen LogP contribution is -2.55. The van der Waals surface area contributed by atoms with Gasteiger partial charge in [-0.15, -0.1) is 0 Å². The van der Waals surface area contributed by atoms with Gasteiger partial charge in [-0.25, -0.2) is 0 Å². The molecular weight excluding hydrogens is 568 g/mol. The van der Waals surface area contributed by atoms with Crippen LogP contribution in [-0.4, -0.2) is 66.4 Å². The Labute approximate surface area is 264 Å². The van der Waals surface area contributed by atoms with Gasteiger partial charge >= 0.3 is 0 Å². The molecule has 0 radical (unpaired) electrons. The molecule has 2 aliphatic rings. The van der Waals surface area contributed by atoms with Crippen LogP contribution in [0.3, 0.4) is 0 Å². The molecule has 3 aromatic rings. The smallest absolute Gasteiger partial charge is 0.255 e. The van der Waals surface area contributed by atoms with Crippen molar-refractivity contribution >= 4 is 23.6 Å². The van der Waals surface area contributed by atoms with Crippen molar-refractivity contribution in [2.24, 2.45) is 5.92 Å². The Kier molecular flexibility index (Phi) is 10.5. The number of ether oxygens (including phenoxy) is 1. The number of para-hydroxylation sites is 1. The molecule has 9 heteroatoms. The van der Waals surface area contributed by atoms with Gasteiger partial charge < -0.3 is 25.6 Å². The first kappa shape index (κ1) is 31.8. The molecule has 5 rings (SSSR count). The second kappa shape index (κ2) is 14.9. The summed E-state index contributed by atoms with van der Waals surface area (Å²) in [6.45, 7) is 4.89. The van der Waals surface area contributed by atoms with Crippen molar-refractivity contribution in [3.05, 3.63) is 102 Å². The van der Waals surface area contributed by atoms with Crippen molar-refractivity contribution in [3.8, 4) is 5.75 Å². The molecule has 0 aliphatic carbocycles. The number of fused-ring (bicyclic) bond motifs is 2. The molecule has 45 heavy (non-hydrogen) atoms. The Morgan fingerprint density at radius 2 is 1.56 bits per heavy atom. The quantitative estimate of drug-likeness (QED) is 0.374. The summed E-state index contributed by atoms with van der Waals surface area (Å²) in [5, 5.41) is 8.59. The zero-order valence-corrected chi connectivity index (χ0v) is 25.9. The number of amides is 4. The molecule has 0 saturated carbocycles. The highest BCUT2D eigenvalue weighted by molar-refractivity contribution is 6.01. The van der Waals surface area contributed by atoms with Crippen LogP contribution in [0.4, 0.5) is 0 Å². The van der Waals surface area contributed by atoms with Crippen molar-refractivity contribution < 1.29 is 23.9 Å². The van der Waals surface area contributed by atoms with Crippen LogP contribution in [-0.2, 0) is 14.4 Å². The molecule has 3 aromatic carbocycles. The Bertz CT molecular complexity index is 1440. The summed E-state index contributed by atoms with van der Waals surface area (Å²) in [6.07, 6.45) is 1.90. The molecule has 236 valence electrons. The predicted molar refractivity (Wildman–Crippen MR) is 172 cm³/mol. The number of rotatable bonds is 7. The topological polar surface area (TPSA) is 117 Å². The lowest BCUT2D eigenvalue weighted by Gasteiger charge is -2.32. The van der Waals surface area contributed by atoms with E-state index >= 15 is 0 Å². The fraction of sp³-hybridized carbons (Fsp3) is 0.389. The minimum absolute atomic E-state index is 0.0471. The Balaban J connectivity index is 1.36. The summed E-state index contributed by atoms with van der Waals surface area (Å²) in [5.41, 5.74) is 2.52. The fourth-order valence-electron chi connectivity index (χ4n) is 6.18. The third kappa shape index (κ3) is 7.90. The molecule has 3 N–H and O–H groups in total. The monoisotopic (exact) mass is 610 g/mol. The SMILES string of the molecule is CC(C)[C@H]1NC(=O)C[C@@H](C(=O)NCCC(c2ccccc2)c2ccccc2)NC(=O)c2ccccc2OC[C@@H]2CCCN2C1=O. The third-order valence-electron chi connectivity index (χ3n) is 8.62. The number of nitrogens with zero attached hydrogens (tertiary/aromatic N) is 1. The lowest BCUT2D eigenvalue weighted by molar-refractivity contribution is -0.139. The largest absolute Gasteiger partial charge is 0.491 e. The summed E-state index contributed by atoms with van der Waals surface area (Å²) in [7, 11) is 0. The minimum atomic E-state index is -1.16. The summed E-state index contributed by atoms with van der Waals surface area (Å²) in [6, 6.07) is 24.9. The number of hydrogen-bond acceptors (Lipinski definition) is 5. The first-order chi connectivity index (χ1) is 21.8. The molecule has 0 unspecified atom stereocenters. The van der Waals surface area contributed by atoms with Crippen LogP contribution < -0.4 is 20.7 Å². The second-order valence-corrected chi connectivity index (χ2v) is 12.1. The van der Waals surface area contributed by atoms with Crippen LogP contribution in [0.5, 0.6) is 5.75 Å². The van der Waals surface area contributed by atoms with Crippen LogP contribution >= 0.6 is 0 Å². The third-order valence-corrected chi connectivity index (χ3v) is 8.62. The highest BCUT2D eigenvalue weighted by atomic mass is 16.5. The Hall–Kier alpha value is -4.66. The molecule has 0 aromatic heterocycles. The molecule has 1 fully saturated rings. The van der Waals surface area contributed by atoms with Crippen molar-refractivity contribution in [2.45, 2.75) is 63.6 Å². The van der Waals surface area contributed by atoms with E-state index in [1.54, 1.807) is 29.2 Å². The van der Waals surface area contributed by atoms with Gasteiger partial charge in [-0.2, -0.15) is 0 Å². The maximum Gasteiger partial charge on any atom is 0.255 e. The summed E-state index contributed by atoms with van der Waals surface area (Å²) in [5.74, 6) is -1.39. The fourth-order valence-corrected chi connectivity index (χ4v) is 6.18. The van der Waals surface area contributed by atoms with Gasteiger partial charge in [0.25, 0.3) is 5.91 Å². The van der Waals surface area contributed by atoms with Crippen LogP contribution in [0.2, 0.25) is 0 Å². The van der Waals surface area contributed by atoms with Crippen molar-refractivity contribution in [2.75, 3.05) is 19.7 Å². The number of hydrogen-bond donors (Lipinski definition) is 3. The number of carbonyl (C=O) groups is 4. The van der Waals surface area contributed by atoms with Gasteiger partial charge in [-0.3, -0.25) is 19.2 Å². The average Bonchev–Trinajstić information content (AvgIpc) is 3.53. The van der Waals surface area contributed by atoms with Gasteiger partial charge in [-0.1, -0.05) is 86.6 Å². The van der Waals surface area contributed by atoms with E-state index < -0.39 is 29.8 Å². The van der Waals surface area contributed by atoms with Gasteiger partial charge in [0, 0.05) is 19.0 Å². The highest BCUT2D eigenvalue weighted by Gasteiger charge is 2.37. The van der Waals surface area contributed by atoms with Gasteiger partial charge in [0.1, 0.15) is 24.4 Å². The summed E-state index contributed by atoms with van der Waals surface area (Å²) in [4.78, 5) is 56.0. The number of nitrogens with one attached hydrogen (secondary N) is 3. The maximum absolute atomic E-state index is 13.6. The Morgan fingerprint density at radius 1 is 0.911 bits per heavy atom. The molecule has 1 saturated heterocycles. The van der Waals surface area contributed by atoms with E-state index in [2.05, 4.69) is 40.2 Å². The van der Waals surface area contributed by atoms with E-state index in [-0.39, 0.29) is 42.4 Å². The Morgan fingerprint density at radius 3 is 2.22 bits per heavy atom. The average molecular weight is 611 g/mol. The van der Waals surface area contributed by atoms with Gasteiger partial charge in [0.15, 0.2) is 0 Å². The van der Waals surface area contributed by atoms with Gasteiger partial charge in [-0.05, 0) is 48.4 Å². The van der Waals surface area contributed by atoms with Gasteiger partial charge in [0.2, 0.25) is 17.7 Å². The van der Waals surface area contributed by atoms with E-state index in [1.165, 1.54) is 0 Å². The first-order valence-corrected chi connectivity index (χ1v) is 15.8. The lowest BCUT2D eigenvalue weighted by atomic mass is 9.88. The molecule has 2 aliphatic heterocycles. The molecule has 4 amide bonds. The van der Waals surface area contributed by atoms with E-state index in [0.717, 1.165) is 24.0 Å². The molecule has 2 heterocycles. The zero-order chi connectivity index (χ0) is 31.8. The van der Waals surface area contributed by atoms with E-state index in [0.29, 0.717) is 25.3 Å². The van der Waals surface area contributed by atoms with E-state index in [1.807, 2.05) is 50.2 Å². The van der Waals surface area contributed by atoms with Crippen LogP contribution in [0.25, 0.3) is 0 Å². The maximum atomic E-state index is 13.6. The molecule has 0 bridgehead atoms. The van der Waals surface area contributed by atoms with Crippen LogP contribution in [0.1, 0.15) is 66.9 Å². The number of carbonyl (C=O) groups excluding carboxylic acids is 4. The molecular formula is C36H42N4O5. The minimum Gasteiger partial charge on any atom is -0.491 e. The van der Waals surface area contributed by atoms with Gasteiger partial charge in [0.05, 0.1) is 18.0 Å². The number of benzene rings is 3. The van der Waals surface area contributed by atoms with Crippen molar-refractivity contribution in [1.29, 1.82) is 0 Å². The van der Waals surface area contributed by atoms with E-state index in [9.17, 15) is 19.2 Å². The highest BCUT2D eigenvalue weighted by Crippen LogP contribution is 2.28. The molecule has 0 spiro atoms. The van der Waals surface area contributed by atoms with Crippen molar-refractivity contribution in [1.82, 2.24) is 20.9 Å². The van der Waals surface area contributed by atoms with Crippen molar-refractivity contribution in [3.63, 3.8) is 0 Å². The standard InChI is InChI=1S/C36H42N4O5/c1-24(2)33-36(44)40-21-11-16-27(40)23-45-31-18-10-9-17-29(31)34(42)38-30(22-32(41)39-33)35(43)37-20-19-28(25-12-5-3-6-13-25)26-14-7-4-8-15-26/h3-10,12-15,17-18,24,27-28,30,33H,11,16,19-23H2,1-2H3,(H,37,43)(H,38,42)(H,39,41)/t27-,30-,33+/m0/s1. The first-order valence-electron chi connectivity index (χ1n) is 15.8. The van der Waals surface area contributed by atoms with E-state index in [4.69, 9.17) is 4.74 Å².